The van der Waals surface area contributed by atoms with E-state index in [1.165, 1.54) is 34.0 Å². The van der Waals surface area contributed by atoms with Gasteiger partial charge in [-0.2, -0.15) is 0 Å². The van der Waals surface area contributed by atoms with Crippen LogP contribution in [0, 0.1) is 0 Å². The van der Waals surface area contributed by atoms with Crippen LogP contribution in [0.2, 0.25) is 0 Å². The van der Waals surface area contributed by atoms with Crippen LogP contribution in [-0.2, 0) is 13.0 Å². The van der Waals surface area contributed by atoms with Crippen molar-refractivity contribution in [1.82, 2.24) is 4.98 Å². The predicted octanol–water partition coefficient (Wildman–Crippen LogP) is 4.80. The minimum Gasteiger partial charge on any atom is -0.381 e. The molecule has 0 spiro atoms. The van der Waals surface area contributed by atoms with Crippen molar-refractivity contribution >= 4 is 16.5 Å². The Morgan fingerprint density at radius 1 is 1.00 bits per heavy atom. The van der Waals surface area contributed by atoms with Crippen molar-refractivity contribution in [1.29, 1.82) is 0 Å². The molecule has 1 heterocycles. The molecule has 2 heteroatoms. The normalized spacial score (nSPS) is 10.7. The summed E-state index contributed by atoms with van der Waals surface area (Å²) in [5.74, 6) is 0. The molecule has 106 valence electrons. The van der Waals surface area contributed by atoms with Crippen LogP contribution in [0.3, 0.4) is 0 Å². The molecule has 0 bridgehead atoms. The average Bonchev–Trinajstić information content (AvgIpc) is 2.54. The van der Waals surface area contributed by atoms with Crippen LogP contribution in [0.5, 0.6) is 0 Å². The molecule has 1 aromatic heterocycles. The summed E-state index contributed by atoms with van der Waals surface area (Å²) in [5, 5.41) is 5.99. The summed E-state index contributed by atoms with van der Waals surface area (Å²) in [5.41, 5.74) is 3.93. The Kier molecular flexibility index (Phi) is 4.15. The lowest BCUT2D eigenvalue weighted by atomic mass is 10.1. The van der Waals surface area contributed by atoms with Crippen LogP contribution >= 0.6 is 0 Å². The Labute approximate surface area is 125 Å². The van der Waals surface area contributed by atoms with E-state index >= 15 is 0 Å². The Morgan fingerprint density at radius 2 is 1.90 bits per heavy atom. The van der Waals surface area contributed by atoms with E-state index in [9.17, 15) is 0 Å². The molecule has 3 aromatic rings. The number of aryl methyl sites for hydroxylation is 1. The van der Waals surface area contributed by atoms with Crippen LogP contribution < -0.4 is 5.32 Å². The summed E-state index contributed by atoms with van der Waals surface area (Å²) in [6, 6.07) is 17.2. The zero-order valence-corrected chi connectivity index (χ0v) is 12.3. The van der Waals surface area contributed by atoms with Gasteiger partial charge in [0.2, 0.25) is 0 Å². The summed E-state index contributed by atoms with van der Waals surface area (Å²) in [6.07, 6.45) is 6.04. The molecule has 0 fully saturated rings. The highest BCUT2D eigenvalue weighted by Gasteiger charge is 2.01. The molecule has 0 aliphatic rings. The van der Waals surface area contributed by atoms with Gasteiger partial charge in [0.25, 0.3) is 0 Å². The third-order valence-corrected chi connectivity index (χ3v) is 3.72. The summed E-state index contributed by atoms with van der Waals surface area (Å²) >= 11 is 0. The molecule has 0 radical (unpaired) electrons. The smallest absolute Gasteiger partial charge is 0.0401 e. The third-order valence-electron chi connectivity index (χ3n) is 3.72. The highest BCUT2D eigenvalue weighted by molar-refractivity contribution is 5.82. The molecule has 3 rings (SSSR count). The van der Waals surface area contributed by atoms with Crippen LogP contribution in [0.15, 0.2) is 60.9 Å². The quantitative estimate of drug-likeness (QED) is 0.724. The number of hydrogen-bond acceptors (Lipinski definition) is 2. The number of pyridine rings is 1. The average molecular weight is 276 g/mol. The maximum absolute atomic E-state index is 4.15. The number of rotatable bonds is 5. The molecule has 1 N–H and O–H groups in total. The first-order chi connectivity index (χ1) is 10.4. The molecule has 0 saturated carbocycles. The fraction of sp³-hybridized carbons (Fsp3) is 0.211. The number of nitrogens with zero attached hydrogens (tertiary/aromatic N) is 1. The molecule has 0 atom stereocenters. The first kappa shape index (κ1) is 13.6. The largest absolute Gasteiger partial charge is 0.381 e. The van der Waals surface area contributed by atoms with E-state index in [0.717, 1.165) is 13.0 Å². The van der Waals surface area contributed by atoms with Crippen molar-refractivity contribution in [3.8, 4) is 0 Å². The van der Waals surface area contributed by atoms with Gasteiger partial charge in [-0.1, -0.05) is 43.7 Å². The van der Waals surface area contributed by atoms with Gasteiger partial charge in [0.15, 0.2) is 0 Å². The Balaban J connectivity index is 1.77. The van der Waals surface area contributed by atoms with E-state index in [-0.39, 0.29) is 0 Å². The van der Waals surface area contributed by atoms with E-state index in [1.807, 2.05) is 12.4 Å². The van der Waals surface area contributed by atoms with Crippen molar-refractivity contribution in [3.63, 3.8) is 0 Å². The monoisotopic (exact) mass is 276 g/mol. The van der Waals surface area contributed by atoms with Gasteiger partial charge in [-0.15, -0.1) is 0 Å². The number of anilines is 1. The second kappa shape index (κ2) is 6.40. The van der Waals surface area contributed by atoms with Gasteiger partial charge >= 0.3 is 0 Å². The lowest BCUT2D eigenvalue weighted by Gasteiger charge is -2.12. The number of hydrogen-bond donors (Lipinski definition) is 1. The minimum atomic E-state index is 0.846. The van der Waals surface area contributed by atoms with Crippen LogP contribution in [0.1, 0.15) is 24.5 Å². The molecule has 0 amide bonds. The van der Waals surface area contributed by atoms with Crippen molar-refractivity contribution in [2.45, 2.75) is 26.3 Å². The predicted molar refractivity (Wildman–Crippen MR) is 89.5 cm³/mol. The van der Waals surface area contributed by atoms with E-state index in [2.05, 4.69) is 65.8 Å². The zero-order chi connectivity index (χ0) is 14.5. The number of para-hydroxylation sites is 1. The maximum Gasteiger partial charge on any atom is 0.0401 e. The van der Waals surface area contributed by atoms with Crippen LogP contribution in [-0.4, -0.2) is 4.98 Å². The summed E-state index contributed by atoms with van der Waals surface area (Å²) in [4.78, 5) is 4.15. The van der Waals surface area contributed by atoms with Crippen molar-refractivity contribution in [2.75, 3.05) is 5.32 Å². The molecular weight excluding hydrogens is 256 g/mol. The Hall–Kier alpha value is -2.35. The van der Waals surface area contributed by atoms with Gasteiger partial charge in [0.1, 0.15) is 0 Å². The molecule has 0 saturated heterocycles. The van der Waals surface area contributed by atoms with Gasteiger partial charge in [-0.3, -0.25) is 4.98 Å². The van der Waals surface area contributed by atoms with E-state index in [0.29, 0.717) is 0 Å². The summed E-state index contributed by atoms with van der Waals surface area (Å²) in [7, 11) is 0. The first-order valence-corrected chi connectivity index (χ1v) is 7.51. The number of nitrogens with one attached hydrogen (secondary N) is 1. The molecule has 2 aromatic carbocycles. The number of benzene rings is 2. The van der Waals surface area contributed by atoms with E-state index in [1.54, 1.807) is 0 Å². The van der Waals surface area contributed by atoms with Gasteiger partial charge in [-0.25, -0.2) is 0 Å². The standard InChI is InChI=1S/C19H20N2/c1-2-5-16-6-3-4-7-19(16)21-13-15-8-9-18-14-20-11-10-17(18)12-15/h3-4,6-12,14,21H,2,5,13H2,1H3. The lowest BCUT2D eigenvalue weighted by Crippen LogP contribution is -2.02. The van der Waals surface area contributed by atoms with Gasteiger partial charge < -0.3 is 5.32 Å². The molecular formula is C19H20N2. The first-order valence-electron chi connectivity index (χ1n) is 7.51. The topological polar surface area (TPSA) is 24.9 Å². The van der Waals surface area contributed by atoms with Crippen molar-refractivity contribution in [2.24, 2.45) is 0 Å². The fourth-order valence-electron chi connectivity index (χ4n) is 2.62. The van der Waals surface area contributed by atoms with Crippen LogP contribution in [0.25, 0.3) is 10.8 Å². The molecule has 0 aliphatic carbocycles. The van der Waals surface area contributed by atoms with E-state index < -0.39 is 0 Å². The summed E-state index contributed by atoms with van der Waals surface area (Å²) < 4.78 is 0. The number of aromatic nitrogens is 1. The molecule has 0 unspecified atom stereocenters. The van der Waals surface area contributed by atoms with Gasteiger partial charge in [0, 0.05) is 30.0 Å². The Bertz CT molecular complexity index is 734. The Morgan fingerprint density at radius 3 is 2.81 bits per heavy atom. The number of fused-ring (bicyclic) bond motifs is 1. The maximum atomic E-state index is 4.15. The third kappa shape index (κ3) is 3.22. The van der Waals surface area contributed by atoms with Crippen LogP contribution in [0.4, 0.5) is 5.69 Å². The molecule has 0 aliphatic heterocycles. The minimum absolute atomic E-state index is 0.846. The van der Waals surface area contributed by atoms with Gasteiger partial charge in [-0.05, 0) is 41.1 Å². The van der Waals surface area contributed by atoms with Gasteiger partial charge in [0.05, 0.1) is 0 Å². The fourth-order valence-corrected chi connectivity index (χ4v) is 2.62. The second-order valence-corrected chi connectivity index (χ2v) is 5.32. The van der Waals surface area contributed by atoms with E-state index in [4.69, 9.17) is 0 Å². The second-order valence-electron chi connectivity index (χ2n) is 5.32. The van der Waals surface area contributed by atoms with Crippen molar-refractivity contribution in [3.05, 3.63) is 72.1 Å². The lowest BCUT2D eigenvalue weighted by molar-refractivity contribution is 0.919. The van der Waals surface area contributed by atoms with Crippen molar-refractivity contribution < 1.29 is 0 Å². The zero-order valence-electron chi connectivity index (χ0n) is 12.3. The molecule has 2 nitrogen and oxygen atoms in total. The highest BCUT2D eigenvalue weighted by Crippen LogP contribution is 2.19. The highest BCUT2D eigenvalue weighted by atomic mass is 14.9. The molecule has 21 heavy (non-hydrogen) atoms. The summed E-state index contributed by atoms with van der Waals surface area (Å²) in [6.45, 7) is 3.06. The SMILES string of the molecule is CCCc1ccccc1NCc1ccc2cnccc2c1.